The summed E-state index contributed by atoms with van der Waals surface area (Å²) in [5.74, 6) is 0.813. The summed E-state index contributed by atoms with van der Waals surface area (Å²) in [6.07, 6.45) is 0. The SMILES string of the molecule is Cc1nc2cc(C(=O)OCc3nc(COc4ccc(F)cc4)no3)ccc2n1-c1ccccc1. The van der Waals surface area contributed by atoms with Gasteiger partial charge in [0.05, 0.1) is 16.6 Å². The largest absolute Gasteiger partial charge is 0.485 e. The third-order valence-electron chi connectivity index (χ3n) is 5.09. The first-order valence-electron chi connectivity index (χ1n) is 10.5. The van der Waals surface area contributed by atoms with Gasteiger partial charge in [0, 0.05) is 5.69 Å². The van der Waals surface area contributed by atoms with E-state index >= 15 is 0 Å². The van der Waals surface area contributed by atoms with Crippen LogP contribution >= 0.6 is 0 Å². The van der Waals surface area contributed by atoms with Crippen LogP contribution in [0.15, 0.2) is 77.3 Å². The Balaban J connectivity index is 1.22. The molecule has 5 rings (SSSR count). The maximum absolute atomic E-state index is 13.0. The fourth-order valence-corrected chi connectivity index (χ4v) is 3.53. The van der Waals surface area contributed by atoms with E-state index in [4.69, 9.17) is 14.0 Å². The van der Waals surface area contributed by atoms with Crippen LogP contribution in [0.3, 0.4) is 0 Å². The van der Waals surface area contributed by atoms with Gasteiger partial charge in [0.2, 0.25) is 5.82 Å². The molecular weight excluding hydrogens is 439 g/mol. The summed E-state index contributed by atoms with van der Waals surface area (Å²) >= 11 is 0. The van der Waals surface area contributed by atoms with Crippen LogP contribution in [0, 0.1) is 12.7 Å². The van der Waals surface area contributed by atoms with E-state index in [2.05, 4.69) is 15.1 Å². The van der Waals surface area contributed by atoms with E-state index in [0.717, 1.165) is 17.0 Å². The maximum atomic E-state index is 13.0. The summed E-state index contributed by atoms with van der Waals surface area (Å²) in [5, 5.41) is 3.79. The number of imidazole rings is 1. The molecule has 0 N–H and O–H groups in total. The summed E-state index contributed by atoms with van der Waals surface area (Å²) in [6, 6.07) is 20.7. The molecule has 5 aromatic rings. The molecule has 0 spiro atoms. The van der Waals surface area contributed by atoms with Crippen LogP contribution in [-0.4, -0.2) is 25.7 Å². The normalized spacial score (nSPS) is 11.0. The van der Waals surface area contributed by atoms with E-state index in [9.17, 15) is 9.18 Å². The van der Waals surface area contributed by atoms with Gasteiger partial charge in [-0.1, -0.05) is 23.4 Å². The lowest BCUT2D eigenvalue weighted by Crippen LogP contribution is -2.06. The lowest BCUT2D eigenvalue weighted by atomic mass is 10.2. The van der Waals surface area contributed by atoms with Gasteiger partial charge in [0.1, 0.15) is 17.4 Å². The Labute approximate surface area is 193 Å². The number of carbonyl (C=O) groups excluding carboxylic acids is 1. The van der Waals surface area contributed by atoms with Crippen LogP contribution in [0.25, 0.3) is 16.7 Å². The summed E-state index contributed by atoms with van der Waals surface area (Å²) in [7, 11) is 0. The second-order valence-electron chi connectivity index (χ2n) is 7.46. The van der Waals surface area contributed by atoms with E-state index in [-0.39, 0.29) is 30.7 Å². The van der Waals surface area contributed by atoms with Crippen molar-refractivity contribution in [2.75, 3.05) is 0 Å². The van der Waals surface area contributed by atoms with Gasteiger partial charge in [-0.25, -0.2) is 14.2 Å². The number of carbonyl (C=O) groups is 1. The number of nitrogens with zero attached hydrogens (tertiary/aromatic N) is 4. The number of aromatic nitrogens is 4. The fraction of sp³-hybridized carbons (Fsp3) is 0.120. The molecule has 3 aromatic carbocycles. The van der Waals surface area contributed by atoms with Gasteiger partial charge >= 0.3 is 5.97 Å². The third kappa shape index (κ3) is 4.49. The molecule has 0 aliphatic rings. The van der Waals surface area contributed by atoms with Crippen molar-refractivity contribution >= 4 is 17.0 Å². The number of rotatable bonds is 7. The smallest absolute Gasteiger partial charge is 0.338 e. The molecular formula is C25H19FN4O4. The van der Waals surface area contributed by atoms with Crippen molar-refractivity contribution in [3.8, 4) is 11.4 Å². The van der Waals surface area contributed by atoms with Crippen LogP contribution in [0.1, 0.15) is 27.9 Å². The third-order valence-corrected chi connectivity index (χ3v) is 5.09. The average Bonchev–Trinajstić information content (AvgIpc) is 3.45. The maximum Gasteiger partial charge on any atom is 0.338 e. The molecule has 0 unspecified atom stereocenters. The summed E-state index contributed by atoms with van der Waals surface area (Å²) in [5.41, 5.74) is 2.94. The van der Waals surface area contributed by atoms with Gasteiger partial charge in [-0.2, -0.15) is 4.98 Å². The number of benzene rings is 3. The second-order valence-corrected chi connectivity index (χ2v) is 7.46. The Morgan fingerprint density at radius 2 is 1.79 bits per heavy atom. The summed E-state index contributed by atoms with van der Waals surface area (Å²) in [6.45, 7) is 1.76. The number of hydrogen-bond donors (Lipinski definition) is 0. The highest BCUT2D eigenvalue weighted by Crippen LogP contribution is 2.23. The molecule has 0 fully saturated rings. The number of aryl methyl sites for hydroxylation is 1. The number of halogens is 1. The van der Waals surface area contributed by atoms with Crippen LogP contribution < -0.4 is 4.74 Å². The van der Waals surface area contributed by atoms with Crippen molar-refractivity contribution in [1.82, 2.24) is 19.7 Å². The molecule has 0 saturated carbocycles. The topological polar surface area (TPSA) is 92.3 Å². The zero-order valence-electron chi connectivity index (χ0n) is 18.1. The summed E-state index contributed by atoms with van der Waals surface area (Å²) < 4.78 is 30.9. The predicted octanol–water partition coefficient (Wildman–Crippen LogP) is 4.79. The van der Waals surface area contributed by atoms with Crippen LogP contribution in [-0.2, 0) is 18.0 Å². The van der Waals surface area contributed by atoms with Crippen molar-refractivity contribution in [2.24, 2.45) is 0 Å². The lowest BCUT2D eigenvalue weighted by Gasteiger charge is -2.07. The van der Waals surface area contributed by atoms with Crippen molar-refractivity contribution in [3.63, 3.8) is 0 Å². The molecule has 0 bridgehead atoms. The Bertz CT molecular complexity index is 1450. The van der Waals surface area contributed by atoms with E-state index in [1.165, 1.54) is 24.3 Å². The minimum atomic E-state index is -0.531. The van der Waals surface area contributed by atoms with E-state index < -0.39 is 5.97 Å². The van der Waals surface area contributed by atoms with Gasteiger partial charge in [-0.05, 0) is 61.5 Å². The molecule has 170 valence electrons. The van der Waals surface area contributed by atoms with Gasteiger partial charge in [-0.15, -0.1) is 0 Å². The molecule has 2 aromatic heterocycles. The van der Waals surface area contributed by atoms with Crippen LogP contribution in [0.4, 0.5) is 4.39 Å². The van der Waals surface area contributed by atoms with E-state index in [1.54, 1.807) is 12.1 Å². The Morgan fingerprint density at radius 1 is 1.00 bits per heavy atom. The van der Waals surface area contributed by atoms with Gasteiger partial charge in [0.15, 0.2) is 13.2 Å². The Kier molecular flexibility index (Phi) is 5.73. The number of esters is 1. The van der Waals surface area contributed by atoms with Gasteiger partial charge in [0.25, 0.3) is 5.89 Å². The Hall–Kier alpha value is -4.53. The monoisotopic (exact) mass is 458 g/mol. The van der Waals surface area contributed by atoms with E-state index in [1.807, 2.05) is 47.9 Å². The minimum Gasteiger partial charge on any atom is -0.485 e. The Morgan fingerprint density at radius 3 is 2.59 bits per heavy atom. The van der Waals surface area contributed by atoms with Crippen LogP contribution in [0.2, 0.25) is 0 Å². The molecule has 0 radical (unpaired) electrons. The van der Waals surface area contributed by atoms with Crippen LogP contribution in [0.5, 0.6) is 5.75 Å². The highest BCUT2D eigenvalue weighted by Gasteiger charge is 2.15. The predicted molar refractivity (Wildman–Crippen MR) is 120 cm³/mol. The minimum absolute atomic E-state index is 0.0309. The van der Waals surface area contributed by atoms with Gasteiger partial charge in [-0.3, -0.25) is 4.57 Å². The zero-order chi connectivity index (χ0) is 23.5. The van der Waals surface area contributed by atoms with E-state index in [0.29, 0.717) is 16.8 Å². The quantitative estimate of drug-likeness (QED) is 0.324. The molecule has 0 saturated heterocycles. The highest BCUT2D eigenvalue weighted by atomic mass is 19.1. The molecule has 0 aliphatic heterocycles. The fourth-order valence-electron chi connectivity index (χ4n) is 3.53. The number of para-hydroxylation sites is 1. The van der Waals surface area contributed by atoms with Crippen molar-refractivity contribution in [3.05, 3.63) is 102 Å². The van der Waals surface area contributed by atoms with Crippen molar-refractivity contribution in [2.45, 2.75) is 20.1 Å². The molecule has 2 heterocycles. The first-order chi connectivity index (χ1) is 16.6. The standard InChI is InChI=1S/C25H19FN4O4/c1-16-27-21-13-17(7-12-22(21)30(16)19-5-3-2-4-6-19)25(31)33-15-24-28-23(29-34-24)14-32-20-10-8-18(26)9-11-20/h2-13H,14-15H2,1H3. The lowest BCUT2D eigenvalue weighted by molar-refractivity contribution is 0.0430. The first kappa shape index (κ1) is 21.3. The molecule has 0 aliphatic carbocycles. The van der Waals surface area contributed by atoms with Gasteiger partial charge < -0.3 is 14.0 Å². The number of hydrogen-bond acceptors (Lipinski definition) is 7. The molecule has 34 heavy (non-hydrogen) atoms. The van der Waals surface area contributed by atoms with Crippen molar-refractivity contribution in [1.29, 1.82) is 0 Å². The summed E-state index contributed by atoms with van der Waals surface area (Å²) in [4.78, 5) is 21.3. The second kappa shape index (κ2) is 9.14. The van der Waals surface area contributed by atoms with Crippen molar-refractivity contribution < 1.29 is 23.2 Å². The molecule has 9 heteroatoms. The number of fused-ring (bicyclic) bond motifs is 1. The first-order valence-corrected chi connectivity index (χ1v) is 10.5. The molecule has 0 amide bonds. The highest BCUT2D eigenvalue weighted by molar-refractivity contribution is 5.94. The zero-order valence-corrected chi connectivity index (χ0v) is 18.1. The molecule has 8 nitrogen and oxygen atoms in total. The number of ether oxygens (including phenoxy) is 2. The average molecular weight is 458 g/mol. The molecule has 0 atom stereocenters.